The molecule has 2 aliphatic heterocycles. The number of carbonyl (C=O) groups is 2. The van der Waals surface area contributed by atoms with E-state index in [1.807, 2.05) is 0 Å². The molecule has 42 heavy (non-hydrogen) atoms. The third kappa shape index (κ3) is 7.40. The summed E-state index contributed by atoms with van der Waals surface area (Å²) in [4.78, 5) is 37.2. The summed E-state index contributed by atoms with van der Waals surface area (Å²) < 4.78 is 17.8. The minimum atomic E-state index is -1.50. The van der Waals surface area contributed by atoms with Gasteiger partial charge in [-0.15, -0.1) is 0 Å². The van der Waals surface area contributed by atoms with Gasteiger partial charge in [0.05, 0.1) is 6.61 Å². The van der Waals surface area contributed by atoms with Gasteiger partial charge in [-0.3, -0.25) is 9.59 Å². The molecule has 1 N–H and O–H groups in total. The van der Waals surface area contributed by atoms with Gasteiger partial charge in [-0.1, -0.05) is 29.4 Å². The number of aliphatic hydroxyl groups excluding tert-OH is 1. The molecule has 2 aromatic rings. The lowest BCUT2D eigenvalue weighted by molar-refractivity contribution is -0.155. The molecule has 2 aliphatic rings. The summed E-state index contributed by atoms with van der Waals surface area (Å²) in [6, 6.07) is 14.1. The predicted octanol–water partition coefficient (Wildman–Crippen LogP) is 5.78. The Hall–Kier alpha value is -4.08. The van der Waals surface area contributed by atoms with Gasteiger partial charge in [0.25, 0.3) is 5.91 Å². The van der Waals surface area contributed by atoms with Gasteiger partial charge in [0.15, 0.2) is 11.6 Å². The number of hydrogen-bond acceptors (Lipinski definition) is 8. The van der Waals surface area contributed by atoms with E-state index in [4.69, 9.17) is 24.3 Å². The summed E-state index contributed by atoms with van der Waals surface area (Å²) in [5.74, 6) is 0.192. The van der Waals surface area contributed by atoms with Crippen LogP contribution in [-0.2, 0) is 19.1 Å². The van der Waals surface area contributed by atoms with E-state index in [1.54, 1.807) is 74.2 Å². The van der Waals surface area contributed by atoms with E-state index in [2.05, 4.69) is 10.0 Å². The highest BCUT2D eigenvalue weighted by Gasteiger charge is 2.55. The number of likely N-dealkylation sites (tertiary alicyclic amines) is 1. The first-order valence-corrected chi connectivity index (χ1v) is 14.4. The van der Waals surface area contributed by atoms with E-state index < -0.39 is 23.2 Å². The third-order valence-electron chi connectivity index (χ3n) is 7.15. The second-order valence-electron chi connectivity index (χ2n) is 11.5. The number of carbonyl (C=O) groups excluding carboxylic acids is 2. The molecule has 0 aromatic heterocycles. The number of amides is 1. The van der Waals surface area contributed by atoms with Gasteiger partial charge >= 0.3 is 5.97 Å². The van der Waals surface area contributed by atoms with Crippen LogP contribution in [0.2, 0.25) is 0 Å². The van der Waals surface area contributed by atoms with Crippen LogP contribution in [-0.4, -0.2) is 65.2 Å². The molecule has 11 heteroatoms. The van der Waals surface area contributed by atoms with Crippen molar-refractivity contribution < 1.29 is 28.9 Å². The summed E-state index contributed by atoms with van der Waals surface area (Å²) in [7, 11) is 0. The molecule has 0 saturated carbocycles. The van der Waals surface area contributed by atoms with Gasteiger partial charge in [0.1, 0.15) is 11.4 Å². The predicted molar refractivity (Wildman–Crippen MR) is 157 cm³/mol. The number of azide groups is 1. The Morgan fingerprint density at radius 1 is 1.14 bits per heavy atom. The molecule has 2 heterocycles. The van der Waals surface area contributed by atoms with Crippen LogP contribution >= 0.6 is 0 Å². The van der Waals surface area contributed by atoms with E-state index in [1.165, 1.54) is 0 Å². The Bertz CT molecular complexity index is 1330. The summed E-state index contributed by atoms with van der Waals surface area (Å²) >= 11 is 0. The van der Waals surface area contributed by atoms with Gasteiger partial charge in [-0.05, 0) is 76.3 Å². The lowest BCUT2D eigenvalue weighted by Crippen LogP contribution is -2.52. The van der Waals surface area contributed by atoms with E-state index in [-0.39, 0.29) is 31.3 Å². The molecular formula is C31H39N5O6. The number of benzene rings is 2. The third-order valence-corrected chi connectivity index (χ3v) is 7.15. The van der Waals surface area contributed by atoms with Crippen LogP contribution in [0.3, 0.4) is 0 Å². The molecule has 0 aliphatic carbocycles. The number of nitrogens with zero attached hydrogens (tertiary/aromatic N) is 5. The summed E-state index contributed by atoms with van der Waals surface area (Å²) in [5.41, 5.74) is 8.55. The van der Waals surface area contributed by atoms with Crippen LogP contribution in [0.25, 0.3) is 10.4 Å². The zero-order chi connectivity index (χ0) is 30.2. The average Bonchev–Trinajstić information content (AvgIpc) is 3.37. The first-order chi connectivity index (χ1) is 20.2. The SMILES string of the molecule is CC(C)(C)OC(=O)CC[C@@]1(C(=O)N2CCCCC2)N=C(c2ccc(OCCCO)cc2)O[C@@H]1c1ccccc1N=[N+]=[N-]. The van der Waals surface area contributed by atoms with Crippen LogP contribution in [0, 0.1) is 0 Å². The summed E-state index contributed by atoms with van der Waals surface area (Å²) in [5, 5.41) is 12.9. The molecule has 0 radical (unpaired) electrons. The number of piperidine rings is 1. The molecule has 2 atom stereocenters. The maximum absolute atomic E-state index is 14.5. The Balaban J connectivity index is 1.79. The topological polar surface area (TPSA) is 146 Å². The zero-order valence-electron chi connectivity index (χ0n) is 24.5. The van der Waals surface area contributed by atoms with E-state index in [0.29, 0.717) is 48.7 Å². The molecule has 2 aromatic carbocycles. The smallest absolute Gasteiger partial charge is 0.306 e. The van der Waals surface area contributed by atoms with Crippen molar-refractivity contribution >= 4 is 23.5 Å². The van der Waals surface area contributed by atoms with Crippen LogP contribution in [0.1, 0.15) is 76.5 Å². The summed E-state index contributed by atoms with van der Waals surface area (Å²) in [6.45, 7) is 6.98. The van der Waals surface area contributed by atoms with Crippen molar-refractivity contribution in [1.82, 2.24) is 4.90 Å². The fourth-order valence-corrected chi connectivity index (χ4v) is 5.24. The first kappa shape index (κ1) is 30.9. The second kappa shape index (κ2) is 13.7. The molecule has 1 fully saturated rings. The van der Waals surface area contributed by atoms with Crippen LogP contribution in [0.15, 0.2) is 58.6 Å². The first-order valence-electron chi connectivity index (χ1n) is 14.4. The number of hydrogen-bond donors (Lipinski definition) is 1. The number of aliphatic hydroxyl groups is 1. The number of aliphatic imine (C=N–C) groups is 1. The Morgan fingerprint density at radius 3 is 2.52 bits per heavy atom. The molecule has 0 bridgehead atoms. The van der Waals surface area contributed by atoms with Crippen molar-refractivity contribution in [2.45, 2.75) is 76.5 Å². The largest absolute Gasteiger partial charge is 0.494 e. The molecular weight excluding hydrogens is 538 g/mol. The molecule has 4 rings (SSSR count). The maximum Gasteiger partial charge on any atom is 0.306 e. The lowest BCUT2D eigenvalue weighted by atomic mass is 9.82. The number of esters is 1. The van der Waals surface area contributed by atoms with Crippen LogP contribution in [0.4, 0.5) is 5.69 Å². The van der Waals surface area contributed by atoms with Crippen molar-refractivity contribution in [3.8, 4) is 5.75 Å². The average molecular weight is 578 g/mol. The molecule has 1 saturated heterocycles. The Kier molecular flexibility index (Phi) is 10.1. The van der Waals surface area contributed by atoms with Crippen LogP contribution < -0.4 is 4.74 Å². The van der Waals surface area contributed by atoms with Crippen molar-refractivity contribution in [2.24, 2.45) is 10.1 Å². The standard InChI is InChI=1S/C31H39N5O6/c1-30(2,3)42-26(38)16-17-31(29(39)36-18-7-4-8-19-36)27(24-10-5-6-11-25(24)34-35-32)41-28(33-31)22-12-14-23(15-13-22)40-21-9-20-37/h5-6,10-15,27,37H,4,7-9,16-21H2,1-3H3/t27-,31-/m1/s1. The second-order valence-corrected chi connectivity index (χ2v) is 11.5. The Morgan fingerprint density at radius 2 is 1.86 bits per heavy atom. The van der Waals surface area contributed by atoms with Crippen molar-refractivity contribution in [3.05, 3.63) is 70.1 Å². The molecule has 0 unspecified atom stereocenters. The highest BCUT2D eigenvalue weighted by atomic mass is 16.6. The monoisotopic (exact) mass is 577 g/mol. The minimum Gasteiger partial charge on any atom is -0.494 e. The minimum absolute atomic E-state index is 0.0395. The van der Waals surface area contributed by atoms with Gasteiger partial charge in [0, 0.05) is 54.3 Å². The van der Waals surface area contributed by atoms with E-state index >= 15 is 0 Å². The molecule has 1 amide bonds. The van der Waals surface area contributed by atoms with Crippen molar-refractivity contribution in [2.75, 3.05) is 26.3 Å². The highest BCUT2D eigenvalue weighted by molar-refractivity contribution is 6.01. The van der Waals surface area contributed by atoms with E-state index in [9.17, 15) is 15.1 Å². The number of ether oxygens (including phenoxy) is 3. The molecule has 224 valence electrons. The highest BCUT2D eigenvalue weighted by Crippen LogP contribution is 2.47. The van der Waals surface area contributed by atoms with Crippen molar-refractivity contribution in [3.63, 3.8) is 0 Å². The maximum atomic E-state index is 14.5. The van der Waals surface area contributed by atoms with Gasteiger partial charge < -0.3 is 24.2 Å². The van der Waals surface area contributed by atoms with Crippen LogP contribution in [0.5, 0.6) is 5.75 Å². The summed E-state index contributed by atoms with van der Waals surface area (Å²) in [6.07, 6.45) is 2.34. The fraction of sp³-hybridized carbons (Fsp3) is 0.516. The Labute approximate surface area is 246 Å². The molecule has 11 nitrogen and oxygen atoms in total. The number of rotatable bonds is 11. The lowest BCUT2D eigenvalue weighted by Gasteiger charge is -2.37. The van der Waals surface area contributed by atoms with Gasteiger partial charge in [-0.25, -0.2) is 4.99 Å². The zero-order valence-corrected chi connectivity index (χ0v) is 24.5. The van der Waals surface area contributed by atoms with Gasteiger partial charge in [0.2, 0.25) is 5.90 Å². The molecule has 0 spiro atoms. The fourth-order valence-electron chi connectivity index (χ4n) is 5.24. The van der Waals surface area contributed by atoms with Crippen molar-refractivity contribution in [1.29, 1.82) is 0 Å². The normalized spacial score (nSPS) is 20.2. The quantitative estimate of drug-likeness (QED) is 0.118. The van der Waals surface area contributed by atoms with E-state index in [0.717, 1.165) is 19.3 Å². The van der Waals surface area contributed by atoms with Gasteiger partial charge in [-0.2, -0.15) is 0 Å².